The molecule has 0 saturated heterocycles. The quantitative estimate of drug-likeness (QED) is 0.619. The maximum Gasteiger partial charge on any atom is 0.453 e. The number of hydrogen-bond acceptors (Lipinski definition) is 5. The van der Waals surface area contributed by atoms with Gasteiger partial charge in [0.15, 0.2) is 0 Å². The average Bonchev–Trinajstić information content (AvgIpc) is 3.28. The maximum atomic E-state index is 12.9. The standard InChI is InChI=1S/C18H20F3N5OS/c1-4-25(10-13-6-5-9-28-13)15(27)8-7-14-11(2)22-17-23-16(18(19,20)21)24-26(17)12(14)3/h5-6,9H,4,7-8,10H2,1-3H3. The first-order chi connectivity index (χ1) is 13.2. The summed E-state index contributed by atoms with van der Waals surface area (Å²) in [4.78, 5) is 23.1. The van der Waals surface area contributed by atoms with Crippen molar-refractivity contribution < 1.29 is 18.0 Å². The van der Waals surface area contributed by atoms with Crippen molar-refractivity contribution in [2.45, 2.75) is 46.3 Å². The van der Waals surface area contributed by atoms with E-state index in [4.69, 9.17) is 0 Å². The first-order valence-electron chi connectivity index (χ1n) is 8.81. The zero-order valence-corrected chi connectivity index (χ0v) is 16.6. The van der Waals surface area contributed by atoms with Crippen LogP contribution in [-0.2, 0) is 23.9 Å². The summed E-state index contributed by atoms with van der Waals surface area (Å²) < 4.78 is 39.7. The predicted octanol–water partition coefficient (Wildman–Crippen LogP) is 3.80. The summed E-state index contributed by atoms with van der Waals surface area (Å²) in [7, 11) is 0. The second-order valence-electron chi connectivity index (χ2n) is 6.39. The van der Waals surface area contributed by atoms with Gasteiger partial charge in [0.25, 0.3) is 11.6 Å². The van der Waals surface area contributed by atoms with E-state index in [-0.39, 0.29) is 18.1 Å². The molecular formula is C18H20F3N5OS. The van der Waals surface area contributed by atoms with Gasteiger partial charge in [-0.05, 0) is 44.2 Å². The van der Waals surface area contributed by atoms with E-state index in [1.807, 2.05) is 24.4 Å². The van der Waals surface area contributed by atoms with Crippen molar-refractivity contribution in [2.24, 2.45) is 0 Å². The van der Waals surface area contributed by atoms with Gasteiger partial charge in [0.05, 0.1) is 6.54 Å². The van der Waals surface area contributed by atoms with Crippen LogP contribution in [-0.4, -0.2) is 36.9 Å². The minimum atomic E-state index is -4.63. The first-order valence-corrected chi connectivity index (χ1v) is 9.68. The van der Waals surface area contributed by atoms with Gasteiger partial charge in [0.1, 0.15) is 0 Å². The molecule has 0 unspecified atom stereocenters. The number of aryl methyl sites for hydroxylation is 2. The number of thiophene rings is 1. The van der Waals surface area contributed by atoms with E-state index >= 15 is 0 Å². The van der Waals surface area contributed by atoms with E-state index in [2.05, 4.69) is 15.1 Å². The zero-order chi connectivity index (χ0) is 20.5. The molecule has 0 radical (unpaired) electrons. The lowest BCUT2D eigenvalue weighted by atomic mass is 10.1. The normalized spacial score (nSPS) is 11.9. The molecule has 0 aliphatic rings. The molecule has 3 aromatic heterocycles. The van der Waals surface area contributed by atoms with Crippen LogP contribution < -0.4 is 0 Å². The Morgan fingerprint density at radius 3 is 2.64 bits per heavy atom. The second kappa shape index (κ2) is 7.86. The monoisotopic (exact) mass is 411 g/mol. The van der Waals surface area contributed by atoms with Crippen LogP contribution in [0, 0.1) is 13.8 Å². The largest absolute Gasteiger partial charge is 0.453 e. The van der Waals surface area contributed by atoms with Gasteiger partial charge in [0, 0.05) is 29.2 Å². The average molecular weight is 411 g/mol. The fourth-order valence-corrected chi connectivity index (χ4v) is 3.77. The fourth-order valence-electron chi connectivity index (χ4n) is 3.05. The number of nitrogens with zero attached hydrogens (tertiary/aromatic N) is 5. The number of amides is 1. The van der Waals surface area contributed by atoms with Gasteiger partial charge < -0.3 is 4.90 Å². The maximum absolute atomic E-state index is 12.9. The van der Waals surface area contributed by atoms with Crippen molar-refractivity contribution in [3.63, 3.8) is 0 Å². The van der Waals surface area contributed by atoms with Crippen LogP contribution >= 0.6 is 11.3 Å². The molecular weight excluding hydrogens is 391 g/mol. The topological polar surface area (TPSA) is 63.4 Å². The molecule has 0 atom stereocenters. The summed E-state index contributed by atoms with van der Waals surface area (Å²) in [5, 5.41) is 5.50. The molecule has 0 bridgehead atoms. The molecule has 0 spiro atoms. The number of carbonyl (C=O) groups excluding carboxylic acids is 1. The minimum Gasteiger partial charge on any atom is -0.338 e. The highest BCUT2D eigenvalue weighted by Crippen LogP contribution is 2.27. The third kappa shape index (κ3) is 4.16. The Labute approximate surface area is 164 Å². The first kappa shape index (κ1) is 20.2. The number of aromatic nitrogens is 4. The smallest absolute Gasteiger partial charge is 0.338 e. The summed E-state index contributed by atoms with van der Waals surface area (Å²) in [6.45, 7) is 6.44. The highest BCUT2D eigenvalue weighted by molar-refractivity contribution is 7.09. The molecule has 3 aromatic rings. The lowest BCUT2D eigenvalue weighted by molar-refractivity contribution is -0.144. The Bertz CT molecular complexity index is 981. The molecule has 0 aliphatic heterocycles. The molecule has 1 amide bonds. The Kier molecular flexibility index (Phi) is 5.69. The van der Waals surface area contributed by atoms with E-state index in [0.29, 0.717) is 36.5 Å². The van der Waals surface area contributed by atoms with Gasteiger partial charge in [-0.3, -0.25) is 4.79 Å². The molecule has 28 heavy (non-hydrogen) atoms. The van der Waals surface area contributed by atoms with Gasteiger partial charge >= 0.3 is 6.18 Å². The van der Waals surface area contributed by atoms with Crippen molar-refractivity contribution in [1.29, 1.82) is 0 Å². The van der Waals surface area contributed by atoms with Crippen LogP contribution in [0.2, 0.25) is 0 Å². The lowest BCUT2D eigenvalue weighted by Crippen LogP contribution is -2.30. The van der Waals surface area contributed by atoms with Crippen LogP contribution in [0.3, 0.4) is 0 Å². The van der Waals surface area contributed by atoms with E-state index in [0.717, 1.165) is 9.39 Å². The molecule has 0 saturated carbocycles. The predicted molar refractivity (Wildman–Crippen MR) is 99.0 cm³/mol. The van der Waals surface area contributed by atoms with Crippen molar-refractivity contribution in [3.8, 4) is 0 Å². The molecule has 3 rings (SSSR count). The minimum absolute atomic E-state index is 0.00984. The highest BCUT2D eigenvalue weighted by Gasteiger charge is 2.37. The molecule has 0 N–H and O–H groups in total. The number of hydrogen-bond donors (Lipinski definition) is 0. The number of alkyl halides is 3. The third-order valence-corrected chi connectivity index (χ3v) is 5.41. The molecule has 0 aliphatic carbocycles. The number of carbonyl (C=O) groups is 1. The van der Waals surface area contributed by atoms with Crippen molar-refractivity contribution in [2.75, 3.05) is 6.54 Å². The summed E-state index contributed by atoms with van der Waals surface area (Å²) in [6.07, 6.45) is -4.01. The van der Waals surface area contributed by atoms with Crippen molar-refractivity contribution in [1.82, 2.24) is 24.5 Å². The summed E-state index contributed by atoms with van der Waals surface area (Å²) in [6, 6.07) is 3.93. The van der Waals surface area contributed by atoms with Crippen LogP contribution in [0.4, 0.5) is 13.2 Å². The van der Waals surface area contributed by atoms with Crippen LogP contribution in [0.1, 0.15) is 41.0 Å². The fraction of sp³-hybridized carbons (Fsp3) is 0.444. The van der Waals surface area contributed by atoms with Crippen LogP contribution in [0.15, 0.2) is 17.5 Å². The zero-order valence-electron chi connectivity index (χ0n) is 15.7. The number of fused-ring (bicyclic) bond motifs is 1. The van der Waals surface area contributed by atoms with E-state index in [1.165, 1.54) is 0 Å². The van der Waals surface area contributed by atoms with Crippen molar-refractivity contribution in [3.05, 3.63) is 45.2 Å². The lowest BCUT2D eigenvalue weighted by Gasteiger charge is -2.20. The summed E-state index contributed by atoms with van der Waals surface area (Å²) in [5.74, 6) is -1.32. The van der Waals surface area contributed by atoms with Gasteiger partial charge in [0.2, 0.25) is 5.91 Å². The molecule has 0 aromatic carbocycles. The second-order valence-corrected chi connectivity index (χ2v) is 7.43. The molecule has 0 fully saturated rings. The highest BCUT2D eigenvalue weighted by atomic mass is 32.1. The van der Waals surface area contributed by atoms with E-state index in [1.54, 1.807) is 30.1 Å². The summed E-state index contributed by atoms with van der Waals surface area (Å²) >= 11 is 1.59. The Morgan fingerprint density at radius 1 is 1.29 bits per heavy atom. The SMILES string of the molecule is CCN(Cc1cccs1)C(=O)CCc1c(C)nc2nc(C(F)(F)F)nn2c1C. The third-order valence-electron chi connectivity index (χ3n) is 4.55. The molecule has 3 heterocycles. The van der Waals surface area contributed by atoms with Crippen LogP contribution in [0.25, 0.3) is 5.78 Å². The van der Waals surface area contributed by atoms with Gasteiger partial charge in [-0.15, -0.1) is 16.4 Å². The molecule has 10 heteroatoms. The molecule has 6 nitrogen and oxygen atoms in total. The summed E-state index contributed by atoms with van der Waals surface area (Å²) in [5.41, 5.74) is 1.78. The molecule has 150 valence electrons. The van der Waals surface area contributed by atoms with E-state index in [9.17, 15) is 18.0 Å². The van der Waals surface area contributed by atoms with Crippen molar-refractivity contribution >= 4 is 23.0 Å². The number of rotatable bonds is 6. The van der Waals surface area contributed by atoms with Gasteiger partial charge in [-0.2, -0.15) is 18.2 Å². The number of halogens is 3. The van der Waals surface area contributed by atoms with E-state index < -0.39 is 12.0 Å². The Morgan fingerprint density at radius 2 is 2.04 bits per heavy atom. The Balaban J connectivity index is 1.78. The van der Waals surface area contributed by atoms with Crippen LogP contribution in [0.5, 0.6) is 0 Å². The van der Waals surface area contributed by atoms with Gasteiger partial charge in [-0.1, -0.05) is 6.07 Å². The van der Waals surface area contributed by atoms with Gasteiger partial charge in [-0.25, -0.2) is 9.50 Å². The Hall–Kier alpha value is -2.49.